The average molecular weight is 483 g/mol. The van der Waals surface area contributed by atoms with Gasteiger partial charge in [-0.25, -0.2) is 4.39 Å². The Morgan fingerprint density at radius 3 is 2.47 bits per heavy atom. The standard InChI is InChI=1S/C29H23FN2O4/c1-3-14-31-22-7-5-4-6-21(22)29(28(31)35)24-25(33)20-15-19(30)12-13-23(20)36-26(24)27(34)32(29)16-18-10-8-17(2)9-11-18/h4-13,15H,3,14,16H2,1-2H3. The van der Waals surface area contributed by atoms with Crippen LogP contribution in [0.25, 0.3) is 11.0 Å². The van der Waals surface area contributed by atoms with Crippen LogP contribution in [0.15, 0.2) is 75.9 Å². The van der Waals surface area contributed by atoms with Crippen LogP contribution < -0.4 is 10.3 Å². The summed E-state index contributed by atoms with van der Waals surface area (Å²) >= 11 is 0. The first-order valence-corrected chi connectivity index (χ1v) is 11.9. The fourth-order valence-corrected chi connectivity index (χ4v) is 5.51. The van der Waals surface area contributed by atoms with Gasteiger partial charge in [0.05, 0.1) is 16.6 Å². The van der Waals surface area contributed by atoms with Crippen molar-refractivity contribution in [3.63, 3.8) is 0 Å². The Hall–Kier alpha value is -4.26. The third-order valence-electron chi connectivity index (χ3n) is 7.11. The summed E-state index contributed by atoms with van der Waals surface area (Å²) in [5.41, 5.74) is 0.841. The number of anilines is 1. The number of amides is 2. The van der Waals surface area contributed by atoms with Crippen LogP contribution in [0.4, 0.5) is 10.1 Å². The minimum Gasteiger partial charge on any atom is -0.450 e. The summed E-state index contributed by atoms with van der Waals surface area (Å²) in [4.78, 5) is 45.4. The highest BCUT2D eigenvalue weighted by Gasteiger charge is 2.64. The van der Waals surface area contributed by atoms with E-state index in [1.165, 1.54) is 17.0 Å². The molecule has 2 amide bonds. The lowest BCUT2D eigenvalue weighted by Crippen LogP contribution is -2.53. The van der Waals surface area contributed by atoms with E-state index in [0.717, 1.165) is 17.2 Å². The highest BCUT2D eigenvalue weighted by atomic mass is 19.1. The number of hydrogen-bond donors (Lipinski definition) is 0. The quantitative estimate of drug-likeness (QED) is 0.415. The molecule has 0 saturated carbocycles. The van der Waals surface area contributed by atoms with Gasteiger partial charge in [0.25, 0.3) is 11.8 Å². The van der Waals surface area contributed by atoms with E-state index in [1.54, 1.807) is 17.0 Å². The van der Waals surface area contributed by atoms with Crippen molar-refractivity contribution in [3.05, 3.63) is 111 Å². The lowest BCUT2D eigenvalue weighted by Gasteiger charge is -2.34. The van der Waals surface area contributed by atoms with Gasteiger partial charge in [-0.3, -0.25) is 14.4 Å². The SMILES string of the molecule is CCCN1C(=O)C2(c3ccccc31)c1c(oc3ccc(F)cc3c1=O)C(=O)N2Cc1ccc(C)cc1. The maximum Gasteiger partial charge on any atom is 0.291 e. The van der Waals surface area contributed by atoms with Crippen LogP contribution in [0.3, 0.4) is 0 Å². The van der Waals surface area contributed by atoms with Gasteiger partial charge in [0.2, 0.25) is 5.76 Å². The van der Waals surface area contributed by atoms with Gasteiger partial charge in [0, 0.05) is 18.7 Å². The molecule has 1 spiro atoms. The summed E-state index contributed by atoms with van der Waals surface area (Å²) in [5, 5.41) is -0.00247. The van der Waals surface area contributed by atoms with E-state index in [4.69, 9.17) is 4.42 Å². The highest BCUT2D eigenvalue weighted by molar-refractivity contribution is 6.17. The molecule has 2 aliphatic rings. The molecule has 3 aromatic carbocycles. The van der Waals surface area contributed by atoms with E-state index in [0.29, 0.717) is 24.2 Å². The van der Waals surface area contributed by atoms with Gasteiger partial charge in [-0.05, 0) is 43.2 Å². The van der Waals surface area contributed by atoms with Gasteiger partial charge in [-0.15, -0.1) is 0 Å². The molecule has 3 heterocycles. The minimum absolute atomic E-state index is 0.00247. The molecule has 0 aliphatic carbocycles. The van der Waals surface area contributed by atoms with Gasteiger partial charge < -0.3 is 14.2 Å². The highest BCUT2D eigenvalue weighted by Crippen LogP contribution is 2.53. The first-order chi connectivity index (χ1) is 17.4. The van der Waals surface area contributed by atoms with Crippen LogP contribution in [0.1, 0.15) is 46.2 Å². The topological polar surface area (TPSA) is 70.8 Å². The van der Waals surface area contributed by atoms with Crippen molar-refractivity contribution < 1.29 is 18.4 Å². The lowest BCUT2D eigenvalue weighted by molar-refractivity contribution is -0.126. The van der Waals surface area contributed by atoms with E-state index in [9.17, 15) is 18.8 Å². The number of carbonyl (C=O) groups excluding carboxylic acids is 2. The molecule has 1 unspecified atom stereocenters. The number of carbonyl (C=O) groups is 2. The second-order valence-corrected chi connectivity index (χ2v) is 9.34. The Balaban J connectivity index is 1.69. The summed E-state index contributed by atoms with van der Waals surface area (Å²) < 4.78 is 20.1. The number of nitrogens with zero attached hydrogens (tertiary/aromatic N) is 2. The number of para-hydroxylation sites is 1. The molecule has 0 fully saturated rings. The van der Waals surface area contributed by atoms with E-state index in [2.05, 4.69) is 0 Å². The van der Waals surface area contributed by atoms with Gasteiger partial charge in [0.1, 0.15) is 11.4 Å². The second kappa shape index (κ2) is 7.88. The molecule has 4 aromatic rings. The van der Waals surface area contributed by atoms with E-state index in [1.807, 2.05) is 50.2 Å². The third-order valence-corrected chi connectivity index (χ3v) is 7.11. The van der Waals surface area contributed by atoms with E-state index >= 15 is 0 Å². The fraction of sp³-hybridized carbons (Fsp3) is 0.207. The monoisotopic (exact) mass is 482 g/mol. The predicted octanol–water partition coefficient (Wildman–Crippen LogP) is 4.90. The zero-order valence-corrected chi connectivity index (χ0v) is 19.9. The summed E-state index contributed by atoms with van der Waals surface area (Å²) in [7, 11) is 0. The Kier molecular flexibility index (Phi) is 4.86. The Bertz CT molecular complexity index is 1630. The molecular formula is C29H23FN2O4. The molecule has 0 bridgehead atoms. The molecule has 0 saturated heterocycles. The normalized spacial score (nSPS) is 18.4. The number of aryl methyl sites for hydroxylation is 1. The molecule has 36 heavy (non-hydrogen) atoms. The Labute approximate surface area is 206 Å². The predicted molar refractivity (Wildman–Crippen MR) is 133 cm³/mol. The first kappa shape index (κ1) is 22.2. The molecule has 6 nitrogen and oxygen atoms in total. The van der Waals surface area contributed by atoms with E-state index < -0.39 is 22.7 Å². The van der Waals surface area contributed by atoms with Crippen molar-refractivity contribution in [1.82, 2.24) is 4.90 Å². The maximum absolute atomic E-state index is 14.4. The van der Waals surface area contributed by atoms with Crippen molar-refractivity contribution in [2.45, 2.75) is 32.4 Å². The summed E-state index contributed by atoms with van der Waals surface area (Å²) in [5.74, 6) is -1.70. The Morgan fingerprint density at radius 2 is 1.72 bits per heavy atom. The second-order valence-electron chi connectivity index (χ2n) is 9.34. The van der Waals surface area contributed by atoms with Gasteiger partial charge in [-0.1, -0.05) is 55.0 Å². The molecule has 0 N–H and O–H groups in total. The number of rotatable bonds is 4. The van der Waals surface area contributed by atoms with Crippen LogP contribution in [0.5, 0.6) is 0 Å². The Morgan fingerprint density at radius 1 is 0.972 bits per heavy atom. The number of benzene rings is 3. The minimum atomic E-state index is -1.70. The van der Waals surface area contributed by atoms with Gasteiger partial charge in [0.15, 0.2) is 11.0 Å². The van der Waals surface area contributed by atoms with Crippen LogP contribution >= 0.6 is 0 Å². The largest absolute Gasteiger partial charge is 0.450 e. The molecule has 7 heteroatoms. The zero-order valence-electron chi connectivity index (χ0n) is 19.9. The summed E-state index contributed by atoms with van der Waals surface area (Å²) in [6.07, 6.45) is 0.687. The van der Waals surface area contributed by atoms with Crippen molar-refractivity contribution in [1.29, 1.82) is 0 Å². The van der Waals surface area contributed by atoms with Crippen LogP contribution in [0.2, 0.25) is 0 Å². The average Bonchev–Trinajstić information content (AvgIpc) is 3.26. The number of hydrogen-bond acceptors (Lipinski definition) is 4. The van der Waals surface area contributed by atoms with Crippen molar-refractivity contribution in [3.8, 4) is 0 Å². The smallest absolute Gasteiger partial charge is 0.291 e. The summed E-state index contributed by atoms with van der Waals surface area (Å²) in [6, 6.07) is 18.5. The molecule has 180 valence electrons. The molecule has 6 rings (SSSR count). The van der Waals surface area contributed by atoms with Crippen molar-refractivity contribution in [2.75, 3.05) is 11.4 Å². The maximum atomic E-state index is 14.4. The molecule has 1 aromatic heterocycles. The van der Waals surface area contributed by atoms with Crippen LogP contribution in [-0.2, 0) is 16.9 Å². The summed E-state index contributed by atoms with van der Waals surface area (Å²) in [6.45, 7) is 4.44. The number of fused-ring (bicyclic) bond motifs is 5. The fourth-order valence-electron chi connectivity index (χ4n) is 5.51. The van der Waals surface area contributed by atoms with Gasteiger partial charge >= 0.3 is 0 Å². The number of halogens is 1. The van der Waals surface area contributed by atoms with Crippen molar-refractivity contribution >= 4 is 28.5 Å². The molecule has 1 atom stereocenters. The van der Waals surface area contributed by atoms with Crippen LogP contribution in [-0.4, -0.2) is 23.3 Å². The third kappa shape index (κ3) is 2.86. The van der Waals surface area contributed by atoms with Crippen LogP contribution in [0, 0.1) is 12.7 Å². The molecular weight excluding hydrogens is 459 g/mol. The zero-order chi connectivity index (χ0) is 25.2. The van der Waals surface area contributed by atoms with Crippen molar-refractivity contribution in [2.24, 2.45) is 0 Å². The molecule has 2 aliphatic heterocycles. The van der Waals surface area contributed by atoms with Gasteiger partial charge in [-0.2, -0.15) is 0 Å². The first-order valence-electron chi connectivity index (χ1n) is 11.9. The lowest BCUT2D eigenvalue weighted by atomic mass is 9.83. The molecule has 0 radical (unpaired) electrons. The van der Waals surface area contributed by atoms with E-state index in [-0.39, 0.29) is 34.7 Å².